The van der Waals surface area contributed by atoms with Gasteiger partial charge in [0.25, 0.3) is 0 Å². The second kappa shape index (κ2) is 7.21. The first-order chi connectivity index (χ1) is 12.3. The highest BCUT2D eigenvalue weighted by Gasteiger charge is 2.20. The van der Waals surface area contributed by atoms with Gasteiger partial charge in [-0.2, -0.15) is 0 Å². The summed E-state index contributed by atoms with van der Waals surface area (Å²) in [6, 6.07) is 13.6. The Morgan fingerprint density at radius 3 is 2.88 bits per heavy atom. The van der Waals surface area contributed by atoms with E-state index in [1.54, 1.807) is 0 Å². The SMILES string of the molecule is O[C@H](COCc1ccc2c(c1)OCO2)CN1CCOc2ccccc21. The van der Waals surface area contributed by atoms with E-state index in [2.05, 4.69) is 4.90 Å². The number of aliphatic hydroxyl groups excluding tert-OH is 1. The summed E-state index contributed by atoms with van der Waals surface area (Å²) >= 11 is 0. The molecule has 0 spiro atoms. The molecule has 6 nitrogen and oxygen atoms in total. The van der Waals surface area contributed by atoms with Gasteiger partial charge in [-0.05, 0) is 29.8 Å². The lowest BCUT2D eigenvalue weighted by Gasteiger charge is -2.32. The maximum absolute atomic E-state index is 10.3. The fourth-order valence-corrected chi connectivity index (χ4v) is 3.07. The molecule has 0 saturated heterocycles. The van der Waals surface area contributed by atoms with Gasteiger partial charge in [0.15, 0.2) is 11.5 Å². The molecule has 2 aromatic rings. The second-order valence-electron chi connectivity index (χ2n) is 6.12. The minimum absolute atomic E-state index is 0.263. The predicted molar refractivity (Wildman–Crippen MR) is 92.4 cm³/mol. The average Bonchev–Trinajstić information content (AvgIpc) is 3.10. The summed E-state index contributed by atoms with van der Waals surface area (Å²) in [5, 5.41) is 10.3. The van der Waals surface area contributed by atoms with Crippen LogP contribution in [0.15, 0.2) is 42.5 Å². The van der Waals surface area contributed by atoms with Gasteiger partial charge in [-0.25, -0.2) is 0 Å². The lowest BCUT2D eigenvalue weighted by atomic mass is 10.2. The van der Waals surface area contributed by atoms with Gasteiger partial charge >= 0.3 is 0 Å². The molecule has 0 saturated carbocycles. The maximum atomic E-state index is 10.3. The van der Waals surface area contributed by atoms with Crippen molar-refractivity contribution in [2.45, 2.75) is 12.7 Å². The molecular weight excluding hydrogens is 322 g/mol. The van der Waals surface area contributed by atoms with E-state index in [9.17, 15) is 5.11 Å². The number of hydrogen-bond donors (Lipinski definition) is 1. The minimum atomic E-state index is -0.569. The van der Waals surface area contributed by atoms with E-state index < -0.39 is 6.10 Å². The molecule has 132 valence electrons. The van der Waals surface area contributed by atoms with E-state index >= 15 is 0 Å². The molecular formula is C19H21NO5. The van der Waals surface area contributed by atoms with E-state index in [0.29, 0.717) is 19.8 Å². The second-order valence-corrected chi connectivity index (χ2v) is 6.12. The van der Waals surface area contributed by atoms with Gasteiger partial charge in [0.1, 0.15) is 12.4 Å². The summed E-state index contributed by atoms with van der Waals surface area (Å²) in [6.45, 7) is 2.86. The molecule has 0 aliphatic carbocycles. The molecule has 25 heavy (non-hydrogen) atoms. The summed E-state index contributed by atoms with van der Waals surface area (Å²) < 4.78 is 21.9. The van der Waals surface area contributed by atoms with Crippen LogP contribution in [0.4, 0.5) is 5.69 Å². The van der Waals surface area contributed by atoms with Gasteiger partial charge in [-0.15, -0.1) is 0 Å². The molecule has 0 bridgehead atoms. The Morgan fingerprint density at radius 1 is 1.04 bits per heavy atom. The Balaban J connectivity index is 1.28. The van der Waals surface area contributed by atoms with Crippen LogP contribution in [0, 0.1) is 0 Å². The first-order valence-electron chi connectivity index (χ1n) is 8.41. The number of β-amino-alcohol motifs (C(OH)–C–C–N with tert-alkyl or cyclic N) is 1. The Bertz CT molecular complexity index is 736. The van der Waals surface area contributed by atoms with Crippen molar-refractivity contribution in [3.05, 3.63) is 48.0 Å². The maximum Gasteiger partial charge on any atom is 0.231 e. The summed E-state index contributed by atoms with van der Waals surface area (Å²) in [5.74, 6) is 2.36. The van der Waals surface area contributed by atoms with Crippen LogP contribution in [-0.2, 0) is 11.3 Å². The van der Waals surface area contributed by atoms with Gasteiger partial charge in [0, 0.05) is 6.54 Å². The fraction of sp³-hybridized carbons (Fsp3) is 0.368. The topological polar surface area (TPSA) is 60.4 Å². The van der Waals surface area contributed by atoms with E-state index in [4.69, 9.17) is 18.9 Å². The van der Waals surface area contributed by atoms with Crippen LogP contribution in [0.3, 0.4) is 0 Å². The quantitative estimate of drug-likeness (QED) is 0.868. The van der Waals surface area contributed by atoms with Crippen molar-refractivity contribution in [3.63, 3.8) is 0 Å². The highest BCUT2D eigenvalue weighted by molar-refractivity contribution is 5.59. The number of hydrogen-bond acceptors (Lipinski definition) is 6. The highest BCUT2D eigenvalue weighted by atomic mass is 16.7. The highest BCUT2D eigenvalue weighted by Crippen LogP contribution is 2.33. The first-order valence-corrected chi connectivity index (χ1v) is 8.41. The zero-order chi connectivity index (χ0) is 17.1. The fourth-order valence-electron chi connectivity index (χ4n) is 3.07. The number of benzene rings is 2. The Kier molecular flexibility index (Phi) is 4.63. The third-order valence-electron chi connectivity index (χ3n) is 4.27. The van der Waals surface area contributed by atoms with Crippen LogP contribution in [0.2, 0.25) is 0 Å². The minimum Gasteiger partial charge on any atom is -0.490 e. The van der Waals surface area contributed by atoms with Crippen molar-refractivity contribution in [3.8, 4) is 17.2 Å². The summed E-state index contributed by atoms with van der Waals surface area (Å²) in [6.07, 6.45) is -0.569. The Morgan fingerprint density at radius 2 is 1.92 bits per heavy atom. The molecule has 0 amide bonds. The monoisotopic (exact) mass is 343 g/mol. The average molecular weight is 343 g/mol. The van der Waals surface area contributed by atoms with Crippen molar-refractivity contribution in [2.75, 3.05) is 38.0 Å². The summed E-state index contributed by atoms with van der Waals surface area (Å²) in [5.41, 5.74) is 2.01. The molecule has 1 N–H and O–H groups in total. The van der Waals surface area contributed by atoms with Gasteiger partial charge < -0.3 is 29.0 Å². The van der Waals surface area contributed by atoms with Gasteiger partial charge in [-0.3, -0.25) is 0 Å². The van der Waals surface area contributed by atoms with E-state index in [1.807, 2.05) is 42.5 Å². The van der Waals surface area contributed by atoms with Gasteiger partial charge in [-0.1, -0.05) is 18.2 Å². The van der Waals surface area contributed by atoms with Crippen LogP contribution >= 0.6 is 0 Å². The smallest absolute Gasteiger partial charge is 0.231 e. The van der Waals surface area contributed by atoms with Crippen molar-refractivity contribution in [1.82, 2.24) is 0 Å². The normalized spacial score (nSPS) is 16.3. The predicted octanol–water partition coefficient (Wildman–Crippen LogP) is 2.19. The molecule has 2 aliphatic rings. The van der Waals surface area contributed by atoms with Gasteiger partial charge in [0.05, 0.1) is 31.5 Å². The molecule has 4 rings (SSSR count). The largest absolute Gasteiger partial charge is 0.490 e. The number of aliphatic hydroxyl groups is 1. The van der Waals surface area contributed by atoms with E-state index in [0.717, 1.165) is 35.0 Å². The molecule has 0 radical (unpaired) electrons. The summed E-state index contributed by atoms with van der Waals surface area (Å²) in [4.78, 5) is 2.13. The first kappa shape index (κ1) is 16.1. The van der Waals surface area contributed by atoms with Crippen LogP contribution in [-0.4, -0.2) is 44.3 Å². The number of ether oxygens (including phenoxy) is 4. The molecule has 1 atom stereocenters. The number of nitrogens with zero attached hydrogens (tertiary/aromatic N) is 1. The Labute approximate surface area is 146 Å². The molecule has 0 fully saturated rings. The van der Waals surface area contributed by atoms with Crippen molar-refractivity contribution in [1.29, 1.82) is 0 Å². The number of rotatable bonds is 6. The zero-order valence-corrected chi connectivity index (χ0v) is 13.9. The van der Waals surface area contributed by atoms with E-state index in [1.165, 1.54) is 0 Å². The van der Waals surface area contributed by atoms with Crippen molar-refractivity contribution < 1.29 is 24.1 Å². The lowest BCUT2D eigenvalue weighted by Crippen LogP contribution is -2.39. The van der Waals surface area contributed by atoms with Crippen LogP contribution in [0.25, 0.3) is 0 Å². The third-order valence-corrected chi connectivity index (χ3v) is 4.27. The summed E-state index contributed by atoms with van der Waals surface area (Å²) in [7, 11) is 0. The lowest BCUT2D eigenvalue weighted by molar-refractivity contribution is 0.0314. The Hall–Kier alpha value is -2.44. The van der Waals surface area contributed by atoms with E-state index in [-0.39, 0.29) is 13.4 Å². The van der Waals surface area contributed by atoms with Crippen LogP contribution in [0.5, 0.6) is 17.2 Å². The molecule has 2 aromatic carbocycles. The standard InChI is InChI=1S/C19H21NO5/c21-15(10-20-7-8-23-17-4-2-1-3-16(17)20)12-22-11-14-5-6-18-19(9-14)25-13-24-18/h1-6,9,15,21H,7-8,10-13H2/t15-/m0/s1. The number of fused-ring (bicyclic) bond motifs is 2. The molecule has 0 unspecified atom stereocenters. The van der Waals surface area contributed by atoms with Crippen molar-refractivity contribution in [2.24, 2.45) is 0 Å². The molecule has 2 heterocycles. The molecule has 0 aromatic heterocycles. The number of anilines is 1. The van der Waals surface area contributed by atoms with Crippen molar-refractivity contribution >= 4 is 5.69 Å². The molecule has 2 aliphatic heterocycles. The van der Waals surface area contributed by atoms with Crippen LogP contribution in [0.1, 0.15) is 5.56 Å². The third kappa shape index (κ3) is 3.65. The number of para-hydroxylation sites is 2. The zero-order valence-electron chi connectivity index (χ0n) is 13.9. The van der Waals surface area contributed by atoms with Gasteiger partial charge in [0.2, 0.25) is 6.79 Å². The van der Waals surface area contributed by atoms with Crippen LogP contribution < -0.4 is 19.1 Å². The molecule has 6 heteroatoms.